The van der Waals surface area contributed by atoms with Gasteiger partial charge in [-0.15, -0.1) is 0 Å². The van der Waals surface area contributed by atoms with Gasteiger partial charge in [-0.3, -0.25) is 0 Å². The Labute approximate surface area is 337 Å². The largest absolute Gasteiger partial charge is 0.338 e. The fourth-order valence-electron chi connectivity index (χ4n) is 7.02. The third-order valence-electron chi connectivity index (χ3n) is 10.6. The number of rotatable bonds is 34. The molecule has 0 aliphatic heterocycles. The van der Waals surface area contributed by atoms with Crippen LogP contribution in [0.5, 0.6) is 0 Å². The number of unbranched alkanes of at least 4 members (excludes halogenated alkanes) is 18. The Morgan fingerprint density at radius 1 is 0.418 bits per heavy atom. The van der Waals surface area contributed by atoms with E-state index in [9.17, 15) is 9.59 Å². The highest BCUT2D eigenvalue weighted by atomic mass is 16.2. The third-order valence-corrected chi connectivity index (χ3v) is 10.6. The number of benzene rings is 2. The summed E-state index contributed by atoms with van der Waals surface area (Å²) < 4.78 is 0. The first-order valence-corrected chi connectivity index (χ1v) is 22.5. The molecule has 0 unspecified atom stereocenters. The molecule has 2 aromatic carbocycles. The number of nitrogens with one attached hydrogen (secondary N) is 4. The molecule has 8 nitrogen and oxygen atoms in total. The van der Waals surface area contributed by atoms with Crippen molar-refractivity contribution in [2.24, 2.45) is 0 Å². The molecule has 0 bridgehead atoms. The molecule has 312 valence electrons. The lowest BCUT2D eigenvalue weighted by Crippen LogP contribution is -2.30. The minimum Gasteiger partial charge on any atom is -0.338 e. The SMILES string of the molecule is CCCCCCCCCCCN(C)CCCCNC(=O)Nc1ccc(Cc2ccc(NC(=O)NCCCCN(C)CCCCCCCCCCC)cc2)cc1. The standard InChI is InChI=1S/C47H82N6O2/c1-5-7-9-11-13-15-17-19-23-37-52(3)39-25-21-35-48-46(54)50-44-31-27-42(28-32-44)41-43-29-33-45(34-30-43)51-47(55)49-36-22-26-40-53(4)38-24-20-18-16-14-12-10-8-6-2/h27-34H,5-26,35-41H2,1-4H3,(H2,48,50,54)(H2,49,51,55). The van der Waals surface area contributed by atoms with Gasteiger partial charge in [0.05, 0.1) is 0 Å². The number of amides is 4. The summed E-state index contributed by atoms with van der Waals surface area (Å²) in [5.74, 6) is 0. The molecule has 2 rings (SSSR count). The van der Waals surface area contributed by atoms with Crippen molar-refractivity contribution in [3.63, 3.8) is 0 Å². The lowest BCUT2D eigenvalue weighted by atomic mass is 10.0. The van der Waals surface area contributed by atoms with Gasteiger partial charge < -0.3 is 31.1 Å². The van der Waals surface area contributed by atoms with Crippen molar-refractivity contribution >= 4 is 23.4 Å². The van der Waals surface area contributed by atoms with Crippen molar-refractivity contribution in [3.05, 3.63) is 59.7 Å². The molecule has 4 N–H and O–H groups in total. The molecular formula is C47H82N6O2. The van der Waals surface area contributed by atoms with Crippen molar-refractivity contribution in [2.45, 2.75) is 162 Å². The minimum absolute atomic E-state index is 0.157. The van der Waals surface area contributed by atoms with Crippen molar-refractivity contribution in [1.82, 2.24) is 20.4 Å². The van der Waals surface area contributed by atoms with E-state index in [1.165, 1.54) is 129 Å². The predicted molar refractivity (Wildman–Crippen MR) is 238 cm³/mol. The lowest BCUT2D eigenvalue weighted by molar-refractivity contribution is 0.250. The summed E-state index contributed by atoms with van der Waals surface area (Å²) >= 11 is 0. The molecule has 55 heavy (non-hydrogen) atoms. The zero-order valence-corrected chi connectivity index (χ0v) is 35.8. The van der Waals surface area contributed by atoms with Crippen molar-refractivity contribution < 1.29 is 9.59 Å². The van der Waals surface area contributed by atoms with Gasteiger partial charge in [-0.1, -0.05) is 141 Å². The molecule has 0 spiro atoms. The second-order valence-electron chi connectivity index (χ2n) is 16.0. The Hall–Kier alpha value is -3.10. The molecule has 0 aliphatic carbocycles. The number of hydrogen-bond acceptors (Lipinski definition) is 4. The highest BCUT2D eigenvalue weighted by Gasteiger charge is 2.06. The second kappa shape index (κ2) is 33.1. The normalized spacial score (nSPS) is 11.3. The average Bonchev–Trinajstić information content (AvgIpc) is 3.18. The van der Waals surface area contributed by atoms with Gasteiger partial charge in [-0.2, -0.15) is 0 Å². The van der Waals surface area contributed by atoms with E-state index in [1.807, 2.05) is 48.5 Å². The molecule has 8 heteroatoms. The topological polar surface area (TPSA) is 88.7 Å². The number of urea groups is 2. The first-order chi connectivity index (χ1) is 26.9. The van der Waals surface area contributed by atoms with E-state index in [1.54, 1.807) is 0 Å². The molecule has 0 aliphatic rings. The van der Waals surface area contributed by atoms with Gasteiger partial charge in [0.2, 0.25) is 0 Å². The van der Waals surface area contributed by atoms with Gasteiger partial charge in [0.15, 0.2) is 0 Å². The fourth-order valence-corrected chi connectivity index (χ4v) is 7.02. The van der Waals surface area contributed by atoms with Crippen LogP contribution in [-0.4, -0.2) is 75.2 Å². The molecular weight excluding hydrogens is 681 g/mol. The number of hydrogen-bond donors (Lipinski definition) is 4. The van der Waals surface area contributed by atoms with Gasteiger partial charge in [0.25, 0.3) is 0 Å². The molecule has 0 atom stereocenters. The minimum atomic E-state index is -0.157. The summed E-state index contributed by atoms with van der Waals surface area (Å²) in [7, 11) is 4.42. The van der Waals surface area contributed by atoms with Crippen LogP contribution in [-0.2, 0) is 6.42 Å². The van der Waals surface area contributed by atoms with Gasteiger partial charge in [0.1, 0.15) is 0 Å². The van der Waals surface area contributed by atoms with E-state index in [0.717, 1.165) is 67.7 Å². The van der Waals surface area contributed by atoms with E-state index in [-0.39, 0.29) is 12.1 Å². The van der Waals surface area contributed by atoms with Crippen LogP contribution in [0.4, 0.5) is 21.0 Å². The van der Waals surface area contributed by atoms with Crippen LogP contribution in [0.25, 0.3) is 0 Å². The Balaban J connectivity index is 1.48. The summed E-state index contributed by atoms with van der Waals surface area (Å²) in [6.45, 7) is 10.4. The number of anilines is 2. The third kappa shape index (κ3) is 27.2. The molecule has 2 aromatic rings. The van der Waals surface area contributed by atoms with Gasteiger partial charge in [-0.05, 0) is 121 Å². The van der Waals surface area contributed by atoms with Crippen LogP contribution < -0.4 is 21.3 Å². The molecule has 0 aromatic heterocycles. The number of carbonyl (C=O) groups excluding carboxylic acids is 2. The fraction of sp³-hybridized carbons (Fsp3) is 0.702. The van der Waals surface area contributed by atoms with Gasteiger partial charge in [-0.25, -0.2) is 9.59 Å². The monoisotopic (exact) mass is 763 g/mol. The quantitative estimate of drug-likeness (QED) is 0.0535. The van der Waals surface area contributed by atoms with E-state index >= 15 is 0 Å². The summed E-state index contributed by atoms with van der Waals surface area (Å²) in [5, 5.41) is 11.9. The van der Waals surface area contributed by atoms with Gasteiger partial charge in [0, 0.05) is 24.5 Å². The summed E-state index contributed by atoms with van der Waals surface area (Å²) in [5.41, 5.74) is 3.90. The van der Waals surface area contributed by atoms with Crippen LogP contribution in [0.1, 0.15) is 166 Å². The maximum atomic E-state index is 12.4. The van der Waals surface area contributed by atoms with Crippen LogP contribution in [0, 0.1) is 0 Å². The van der Waals surface area contributed by atoms with E-state index < -0.39 is 0 Å². The molecule has 0 fully saturated rings. The van der Waals surface area contributed by atoms with Crippen molar-refractivity contribution in [1.29, 1.82) is 0 Å². The Morgan fingerprint density at radius 3 is 1.04 bits per heavy atom. The summed E-state index contributed by atoms with van der Waals surface area (Å²) in [4.78, 5) is 29.7. The Kier molecular flexibility index (Phi) is 28.9. The van der Waals surface area contributed by atoms with E-state index in [2.05, 4.69) is 59.0 Å². The smallest absolute Gasteiger partial charge is 0.319 e. The van der Waals surface area contributed by atoms with Crippen LogP contribution >= 0.6 is 0 Å². The predicted octanol–water partition coefficient (Wildman–Crippen LogP) is 12.0. The highest BCUT2D eigenvalue weighted by molar-refractivity contribution is 5.89. The molecule has 0 saturated heterocycles. The maximum Gasteiger partial charge on any atom is 0.319 e. The second-order valence-corrected chi connectivity index (χ2v) is 16.0. The Bertz CT molecular complexity index is 1110. The molecule has 4 amide bonds. The van der Waals surface area contributed by atoms with Crippen LogP contribution in [0.2, 0.25) is 0 Å². The summed E-state index contributed by atoms with van der Waals surface area (Å²) in [6, 6.07) is 15.7. The molecule has 0 radical (unpaired) electrons. The van der Waals surface area contributed by atoms with Crippen molar-refractivity contribution in [2.75, 3.05) is 64.0 Å². The number of nitrogens with zero attached hydrogens (tertiary/aromatic N) is 2. The van der Waals surface area contributed by atoms with Crippen molar-refractivity contribution in [3.8, 4) is 0 Å². The first-order valence-electron chi connectivity index (χ1n) is 22.5. The Morgan fingerprint density at radius 2 is 0.709 bits per heavy atom. The summed E-state index contributed by atoms with van der Waals surface area (Å²) in [6.07, 6.45) is 29.5. The average molecular weight is 763 g/mol. The first kappa shape index (κ1) is 48.0. The lowest BCUT2D eigenvalue weighted by Gasteiger charge is -2.16. The molecule has 0 heterocycles. The van der Waals surface area contributed by atoms with Gasteiger partial charge >= 0.3 is 12.1 Å². The van der Waals surface area contributed by atoms with E-state index in [4.69, 9.17) is 0 Å². The number of carbonyl (C=O) groups is 2. The van der Waals surface area contributed by atoms with E-state index in [0.29, 0.717) is 13.1 Å². The highest BCUT2D eigenvalue weighted by Crippen LogP contribution is 2.17. The zero-order chi connectivity index (χ0) is 39.6. The zero-order valence-electron chi connectivity index (χ0n) is 35.8. The van der Waals surface area contributed by atoms with Crippen LogP contribution in [0.15, 0.2) is 48.5 Å². The molecule has 0 saturated carbocycles. The maximum absolute atomic E-state index is 12.4. The van der Waals surface area contributed by atoms with Crippen LogP contribution in [0.3, 0.4) is 0 Å².